The van der Waals surface area contributed by atoms with Crippen molar-refractivity contribution in [3.8, 4) is 11.4 Å². The number of aromatic nitrogens is 4. The fraction of sp³-hybridized carbons (Fsp3) is 0.389. The summed E-state index contributed by atoms with van der Waals surface area (Å²) in [6.07, 6.45) is 2.66. The molecule has 10 heteroatoms. The molecule has 0 amide bonds. The lowest BCUT2D eigenvalue weighted by Gasteiger charge is -2.30. The first-order valence-corrected chi connectivity index (χ1v) is 9.30. The highest BCUT2D eigenvalue weighted by Crippen LogP contribution is 2.36. The molecule has 0 aliphatic heterocycles. The van der Waals surface area contributed by atoms with Gasteiger partial charge in [-0.2, -0.15) is 13.2 Å². The Balaban J connectivity index is 1.78. The number of rotatable bonds is 3. The van der Waals surface area contributed by atoms with Crippen molar-refractivity contribution in [2.45, 2.75) is 43.9 Å². The fourth-order valence-electron chi connectivity index (χ4n) is 3.51. The molecule has 1 aliphatic carbocycles. The van der Waals surface area contributed by atoms with E-state index in [1.807, 2.05) is 0 Å². The number of fused-ring (bicyclic) bond motifs is 1. The highest BCUT2D eigenvalue weighted by molar-refractivity contribution is 6.31. The SMILES string of the molecule is N[C@@H]1CCCCC1Nc1nc(-c2c[nH]c3ncc(Cl)cc23)ncc1C(F)(F)F. The van der Waals surface area contributed by atoms with Crippen molar-refractivity contribution in [1.29, 1.82) is 0 Å². The molecule has 0 radical (unpaired) electrons. The summed E-state index contributed by atoms with van der Waals surface area (Å²) < 4.78 is 40.5. The predicted molar refractivity (Wildman–Crippen MR) is 101 cm³/mol. The lowest BCUT2D eigenvalue weighted by molar-refractivity contribution is -0.137. The largest absolute Gasteiger partial charge is 0.421 e. The summed E-state index contributed by atoms with van der Waals surface area (Å²) in [5, 5.41) is 3.96. The topological polar surface area (TPSA) is 92.5 Å². The Hall–Kier alpha value is -2.39. The molecule has 3 aromatic rings. The van der Waals surface area contributed by atoms with Gasteiger partial charge >= 0.3 is 6.18 Å². The Morgan fingerprint density at radius 3 is 2.71 bits per heavy atom. The number of halogens is 4. The van der Waals surface area contributed by atoms with Gasteiger partial charge < -0.3 is 16.0 Å². The van der Waals surface area contributed by atoms with Crippen molar-refractivity contribution in [2.75, 3.05) is 5.32 Å². The molecule has 2 atom stereocenters. The summed E-state index contributed by atoms with van der Waals surface area (Å²) in [5.74, 6) is -0.112. The summed E-state index contributed by atoms with van der Waals surface area (Å²) in [6.45, 7) is 0. The average Bonchev–Trinajstić information content (AvgIpc) is 3.05. The molecule has 1 unspecified atom stereocenters. The van der Waals surface area contributed by atoms with Crippen LogP contribution in [0, 0.1) is 0 Å². The molecule has 0 aromatic carbocycles. The average molecular weight is 411 g/mol. The summed E-state index contributed by atoms with van der Waals surface area (Å²) in [4.78, 5) is 15.3. The summed E-state index contributed by atoms with van der Waals surface area (Å²) >= 11 is 6.00. The number of nitrogens with one attached hydrogen (secondary N) is 2. The Labute approximate surface area is 163 Å². The maximum absolute atomic E-state index is 13.5. The zero-order valence-corrected chi connectivity index (χ0v) is 15.5. The predicted octanol–water partition coefficient (Wildman–Crippen LogP) is 4.37. The van der Waals surface area contributed by atoms with Gasteiger partial charge in [0, 0.05) is 41.6 Å². The normalized spacial score (nSPS) is 20.5. The van der Waals surface area contributed by atoms with Gasteiger partial charge in [0.1, 0.15) is 17.0 Å². The van der Waals surface area contributed by atoms with Crippen LogP contribution in [-0.2, 0) is 6.18 Å². The van der Waals surface area contributed by atoms with Crippen LogP contribution in [0.3, 0.4) is 0 Å². The number of aromatic amines is 1. The highest BCUT2D eigenvalue weighted by atomic mass is 35.5. The second-order valence-corrected chi connectivity index (χ2v) is 7.34. The van der Waals surface area contributed by atoms with E-state index in [1.54, 1.807) is 12.3 Å². The molecule has 148 valence electrons. The van der Waals surface area contributed by atoms with Crippen LogP contribution in [0.1, 0.15) is 31.2 Å². The van der Waals surface area contributed by atoms with E-state index in [2.05, 4.69) is 25.3 Å². The van der Waals surface area contributed by atoms with Gasteiger partial charge in [-0.1, -0.05) is 24.4 Å². The van der Waals surface area contributed by atoms with Crippen molar-refractivity contribution in [2.24, 2.45) is 5.73 Å². The number of alkyl halides is 3. The van der Waals surface area contributed by atoms with E-state index in [1.165, 1.54) is 6.20 Å². The quantitative estimate of drug-likeness (QED) is 0.596. The Morgan fingerprint density at radius 1 is 1.18 bits per heavy atom. The molecule has 1 aliphatic rings. The van der Waals surface area contributed by atoms with Crippen molar-refractivity contribution in [3.63, 3.8) is 0 Å². The minimum atomic E-state index is -4.58. The summed E-state index contributed by atoms with van der Waals surface area (Å²) in [5.41, 5.74) is 6.25. The van der Waals surface area contributed by atoms with Crippen LogP contribution in [0.2, 0.25) is 5.02 Å². The second kappa shape index (κ2) is 7.21. The minimum absolute atomic E-state index is 0.148. The van der Waals surface area contributed by atoms with Crippen LogP contribution in [0.5, 0.6) is 0 Å². The first kappa shape index (κ1) is 18.9. The maximum atomic E-state index is 13.5. The number of nitrogens with two attached hydrogens (primary N) is 1. The van der Waals surface area contributed by atoms with Gasteiger partial charge in [0.15, 0.2) is 5.82 Å². The molecular weight excluding hydrogens is 393 g/mol. The number of nitrogens with zero attached hydrogens (tertiary/aromatic N) is 3. The molecule has 3 heterocycles. The van der Waals surface area contributed by atoms with Crippen LogP contribution in [0.4, 0.5) is 19.0 Å². The number of pyridine rings is 1. The number of hydrogen-bond acceptors (Lipinski definition) is 5. The molecule has 4 rings (SSSR count). The fourth-order valence-corrected chi connectivity index (χ4v) is 3.66. The van der Waals surface area contributed by atoms with Crippen molar-refractivity contribution >= 4 is 28.5 Å². The first-order valence-electron chi connectivity index (χ1n) is 8.92. The van der Waals surface area contributed by atoms with Crippen LogP contribution in [0.15, 0.2) is 24.7 Å². The molecule has 0 bridgehead atoms. The molecule has 0 saturated heterocycles. The Bertz CT molecular complexity index is 1000. The van der Waals surface area contributed by atoms with E-state index >= 15 is 0 Å². The molecule has 4 N–H and O–H groups in total. The molecule has 0 spiro atoms. The van der Waals surface area contributed by atoms with E-state index in [9.17, 15) is 13.2 Å². The van der Waals surface area contributed by atoms with E-state index in [4.69, 9.17) is 17.3 Å². The van der Waals surface area contributed by atoms with E-state index in [-0.39, 0.29) is 23.7 Å². The van der Waals surface area contributed by atoms with Gasteiger partial charge in [0.2, 0.25) is 0 Å². The number of anilines is 1. The zero-order chi connectivity index (χ0) is 19.9. The molecule has 1 saturated carbocycles. The van der Waals surface area contributed by atoms with Crippen LogP contribution in [-0.4, -0.2) is 32.0 Å². The Morgan fingerprint density at radius 2 is 1.96 bits per heavy atom. The maximum Gasteiger partial charge on any atom is 0.421 e. The molecule has 3 aromatic heterocycles. The van der Waals surface area contributed by atoms with Crippen molar-refractivity contribution in [3.05, 3.63) is 35.2 Å². The smallest absolute Gasteiger partial charge is 0.365 e. The lowest BCUT2D eigenvalue weighted by Crippen LogP contribution is -2.43. The summed E-state index contributed by atoms with van der Waals surface area (Å²) in [7, 11) is 0. The van der Waals surface area contributed by atoms with Gasteiger partial charge in [-0.25, -0.2) is 15.0 Å². The first-order chi connectivity index (χ1) is 13.3. The van der Waals surface area contributed by atoms with E-state index in [0.29, 0.717) is 28.0 Å². The third-order valence-electron chi connectivity index (χ3n) is 4.97. The molecule has 1 fully saturated rings. The van der Waals surface area contributed by atoms with Gasteiger partial charge in [-0.15, -0.1) is 0 Å². The van der Waals surface area contributed by atoms with E-state index in [0.717, 1.165) is 25.5 Å². The standard InChI is InChI=1S/C18H18ClF3N6/c19-9-5-10-11(7-25-15(10)24-6-9)16-26-8-12(18(20,21)22)17(28-16)27-14-4-2-1-3-13(14)23/h5-8,13-14H,1-4,23H2,(H,24,25)(H,26,27,28)/t13-,14?/m1/s1. The Kier molecular flexibility index (Phi) is 4.88. The third kappa shape index (κ3) is 3.64. The lowest BCUT2D eigenvalue weighted by atomic mass is 9.91. The third-order valence-corrected chi connectivity index (χ3v) is 5.18. The number of H-pyrrole nitrogens is 1. The van der Waals surface area contributed by atoms with Crippen molar-refractivity contribution < 1.29 is 13.2 Å². The van der Waals surface area contributed by atoms with Crippen molar-refractivity contribution in [1.82, 2.24) is 19.9 Å². The number of hydrogen-bond donors (Lipinski definition) is 3. The van der Waals surface area contributed by atoms with Crippen LogP contribution >= 0.6 is 11.6 Å². The molecule has 28 heavy (non-hydrogen) atoms. The van der Waals surface area contributed by atoms with E-state index < -0.39 is 11.7 Å². The molecular formula is C18H18ClF3N6. The molecule has 6 nitrogen and oxygen atoms in total. The van der Waals surface area contributed by atoms with Gasteiger partial charge in [0.25, 0.3) is 0 Å². The second-order valence-electron chi connectivity index (χ2n) is 6.90. The summed E-state index contributed by atoms with van der Waals surface area (Å²) in [6, 6.07) is 1.18. The highest BCUT2D eigenvalue weighted by Gasteiger charge is 2.36. The van der Waals surface area contributed by atoms with Crippen LogP contribution < -0.4 is 11.1 Å². The van der Waals surface area contributed by atoms with Crippen LogP contribution in [0.25, 0.3) is 22.4 Å². The zero-order valence-electron chi connectivity index (χ0n) is 14.7. The minimum Gasteiger partial charge on any atom is -0.365 e. The monoisotopic (exact) mass is 410 g/mol. The van der Waals surface area contributed by atoms with Gasteiger partial charge in [0.05, 0.1) is 5.02 Å². The van der Waals surface area contributed by atoms with Gasteiger partial charge in [-0.05, 0) is 18.9 Å². The van der Waals surface area contributed by atoms with Gasteiger partial charge in [-0.3, -0.25) is 0 Å².